The van der Waals surface area contributed by atoms with Crippen LogP contribution in [0.4, 0.5) is 5.82 Å². The molecule has 28 heavy (non-hydrogen) atoms. The number of carbonyl (C=O) groups is 1. The highest BCUT2D eigenvalue weighted by Crippen LogP contribution is 2.17. The van der Waals surface area contributed by atoms with E-state index in [4.69, 9.17) is 0 Å². The first-order valence-corrected chi connectivity index (χ1v) is 9.34. The number of aryl methyl sites for hydroxylation is 3. The standard InChI is InChI=1S/C23H26N4O/c1-16-9-11-20(12-10-16)15-27-19(4)21(18(3)25-27)13-14-23(28)26(5)22-8-6-7-17(2)24-22/h6-14H,15H2,1-5H3/b14-13+. The lowest BCUT2D eigenvalue weighted by atomic mass is 10.1. The van der Waals surface area contributed by atoms with Crippen molar-refractivity contribution in [2.45, 2.75) is 34.2 Å². The van der Waals surface area contributed by atoms with Gasteiger partial charge in [0.05, 0.1) is 12.2 Å². The summed E-state index contributed by atoms with van der Waals surface area (Å²) >= 11 is 0. The van der Waals surface area contributed by atoms with E-state index in [1.165, 1.54) is 11.1 Å². The average molecular weight is 374 g/mol. The van der Waals surface area contributed by atoms with Crippen LogP contribution in [0.3, 0.4) is 0 Å². The van der Waals surface area contributed by atoms with E-state index < -0.39 is 0 Å². The van der Waals surface area contributed by atoms with Gasteiger partial charge < -0.3 is 0 Å². The number of aromatic nitrogens is 3. The van der Waals surface area contributed by atoms with Crippen LogP contribution in [0.25, 0.3) is 6.08 Å². The molecule has 3 aromatic rings. The second kappa shape index (κ2) is 8.21. The summed E-state index contributed by atoms with van der Waals surface area (Å²) in [6, 6.07) is 14.1. The van der Waals surface area contributed by atoms with Crippen LogP contribution in [0.15, 0.2) is 48.5 Å². The van der Waals surface area contributed by atoms with Crippen LogP contribution in [0.5, 0.6) is 0 Å². The summed E-state index contributed by atoms with van der Waals surface area (Å²) in [5.41, 5.74) is 6.25. The Morgan fingerprint density at radius 1 is 1.07 bits per heavy atom. The molecule has 5 heteroatoms. The number of benzene rings is 1. The first kappa shape index (κ1) is 19.5. The van der Waals surface area contributed by atoms with Crippen LogP contribution < -0.4 is 4.90 Å². The maximum atomic E-state index is 12.6. The molecule has 144 valence electrons. The number of likely N-dealkylation sites (N-methyl/N-ethyl adjacent to an activating group) is 1. The molecule has 0 radical (unpaired) electrons. The first-order chi connectivity index (χ1) is 13.3. The van der Waals surface area contributed by atoms with Crippen molar-refractivity contribution in [3.63, 3.8) is 0 Å². The Balaban J connectivity index is 1.77. The molecular weight excluding hydrogens is 348 g/mol. The zero-order chi connectivity index (χ0) is 20.3. The summed E-state index contributed by atoms with van der Waals surface area (Å²) < 4.78 is 1.98. The molecule has 0 aliphatic carbocycles. The average Bonchev–Trinajstić information content (AvgIpc) is 2.94. The second-order valence-electron chi connectivity index (χ2n) is 7.10. The Morgan fingerprint density at radius 3 is 2.46 bits per heavy atom. The molecule has 0 saturated heterocycles. The molecule has 0 bridgehead atoms. The molecule has 1 amide bonds. The molecule has 0 fully saturated rings. The quantitative estimate of drug-likeness (QED) is 0.628. The number of hydrogen-bond donors (Lipinski definition) is 0. The molecule has 0 spiro atoms. The van der Waals surface area contributed by atoms with Gasteiger partial charge in [-0.3, -0.25) is 14.4 Å². The molecule has 0 aliphatic rings. The molecule has 0 aliphatic heterocycles. The Kier molecular flexibility index (Phi) is 5.73. The topological polar surface area (TPSA) is 51.0 Å². The van der Waals surface area contributed by atoms with E-state index in [1.807, 2.05) is 49.7 Å². The Labute approximate surface area is 166 Å². The van der Waals surface area contributed by atoms with Gasteiger partial charge in [0.1, 0.15) is 5.82 Å². The van der Waals surface area contributed by atoms with E-state index in [9.17, 15) is 4.79 Å². The van der Waals surface area contributed by atoms with E-state index in [1.54, 1.807) is 18.0 Å². The van der Waals surface area contributed by atoms with Gasteiger partial charge in [-0.1, -0.05) is 35.9 Å². The number of anilines is 1. The highest BCUT2D eigenvalue weighted by molar-refractivity contribution is 6.03. The van der Waals surface area contributed by atoms with Crippen LogP contribution in [0.2, 0.25) is 0 Å². The zero-order valence-corrected chi connectivity index (χ0v) is 17.1. The number of carbonyl (C=O) groups excluding carboxylic acids is 1. The monoisotopic (exact) mass is 374 g/mol. The van der Waals surface area contributed by atoms with Crippen molar-refractivity contribution in [1.82, 2.24) is 14.8 Å². The molecule has 0 unspecified atom stereocenters. The zero-order valence-electron chi connectivity index (χ0n) is 17.1. The highest BCUT2D eigenvalue weighted by atomic mass is 16.2. The van der Waals surface area contributed by atoms with Gasteiger partial charge >= 0.3 is 0 Å². The van der Waals surface area contributed by atoms with Gasteiger partial charge in [-0.15, -0.1) is 0 Å². The number of pyridine rings is 1. The summed E-state index contributed by atoms with van der Waals surface area (Å²) in [5, 5.41) is 4.65. The molecule has 0 saturated carbocycles. The van der Waals surface area contributed by atoms with Gasteiger partial charge in [0.2, 0.25) is 0 Å². The lowest BCUT2D eigenvalue weighted by Crippen LogP contribution is -2.25. The fourth-order valence-electron chi connectivity index (χ4n) is 3.07. The Hall–Kier alpha value is -3.21. The summed E-state index contributed by atoms with van der Waals surface area (Å²) in [7, 11) is 1.73. The first-order valence-electron chi connectivity index (χ1n) is 9.34. The largest absolute Gasteiger partial charge is 0.296 e. The molecular formula is C23H26N4O. The second-order valence-corrected chi connectivity index (χ2v) is 7.10. The van der Waals surface area contributed by atoms with E-state index in [-0.39, 0.29) is 5.91 Å². The van der Waals surface area contributed by atoms with Crippen LogP contribution in [-0.2, 0) is 11.3 Å². The van der Waals surface area contributed by atoms with Crippen LogP contribution in [0.1, 0.15) is 33.8 Å². The van der Waals surface area contributed by atoms with E-state index in [0.29, 0.717) is 12.4 Å². The molecule has 0 atom stereocenters. The van der Waals surface area contributed by atoms with Crippen LogP contribution >= 0.6 is 0 Å². The van der Waals surface area contributed by atoms with Crippen molar-refractivity contribution >= 4 is 17.8 Å². The van der Waals surface area contributed by atoms with Crippen LogP contribution in [-0.4, -0.2) is 27.7 Å². The summed E-state index contributed by atoms with van der Waals surface area (Å²) in [4.78, 5) is 18.5. The molecule has 2 aromatic heterocycles. The Morgan fingerprint density at radius 2 is 1.79 bits per heavy atom. The van der Waals surface area contributed by atoms with Crippen molar-refractivity contribution in [3.8, 4) is 0 Å². The Bertz CT molecular complexity index is 1020. The van der Waals surface area contributed by atoms with Gasteiger partial charge in [0, 0.05) is 30.1 Å². The predicted octanol–water partition coefficient (Wildman–Crippen LogP) is 4.24. The third-order valence-corrected chi connectivity index (χ3v) is 4.83. The molecule has 0 N–H and O–H groups in total. The lowest BCUT2D eigenvalue weighted by Gasteiger charge is -2.14. The van der Waals surface area contributed by atoms with Crippen molar-refractivity contribution in [2.24, 2.45) is 0 Å². The summed E-state index contributed by atoms with van der Waals surface area (Å²) in [5.74, 6) is 0.515. The fraction of sp³-hybridized carbons (Fsp3) is 0.261. The van der Waals surface area contributed by atoms with E-state index in [2.05, 4.69) is 41.3 Å². The maximum Gasteiger partial charge on any atom is 0.251 e. The summed E-state index contributed by atoms with van der Waals surface area (Å²) in [6.45, 7) is 8.70. The SMILES string of the molecule is Cc1ccc(Cn2nc(C)c(/C=C/C(=O)N(C)c3cccc(C)n3)c2C)cc1. The molecule has 3 rings (SSSR count). The maximum absolute atomic E-state index is 12.6. The van der Waals surface area contributed by atoms with Crippen LogP contribution in [0, 0.1) is 27.7 Å². The van der Waals surface area contributed by atoms with Crippen molar-refractivity contribution < 1.29 is 4.79 Å². The predicted molar refractivity (Wildman–Crippen MR) is 113 cm³/mol. The molecule has 1 aromatic carbocycles. The third-order valence-electron chi connectivity index (χ3n) is 4.83. The molecule has 5 nitrogen and oxygen atoms in total. The summed E-state index contributed by atoms with van der Waals surface area (Å²) in [6.07, 6.45) is 3.43. The number of rotatable bonds is 5. The van der Waals surface area contributed by atoms with Gasteiger partial charge in [-0.2, -0.15) is 5.10 Å². The minimum absolute atomic E-state index is 0.122. The van der Waals surface area contributed by atoms with E-state index >= 15 is 0 Å². The smallest absolute Gasteiger partial charge is 0.251 e. The van der Waals surface area contributed by atoms with Gasteiger partial charge in [0.25, 0.3) is 5.91 Å². The van der Waals surface area contributed by atoms with Crippen molar-refractivity contribution in [2.75, 3.05) is 11.9 Å². The lowest BCUT2D eigenvalue weighted by molar-refractivity contribution is -0.113. The van der Waals surface area contributed by atoms with Crippen molar-refractivity contribution in [1.29, 1.82) is 0 Å². The minimum Gasteiger partial charge on any atom is -0.296 e. The highest BCUT2D eigenvalue weighted by Gasteiger charge is 2.12. The number of hydrogen-bond acceptors (Lipinski definition) is 3. The van der Waals surface area contributed by atoms with Crippen molar-refractivity contribution in [3.05, 3.63) is 82.3 Å². The minimum atomic E-state index is -0.122. The number of amides is 1. The number of nitrogens with zero attached hydrogens (tertiary/aromatic N) is 4. The van der Waals surface area contributed by atoms with E-state index in [0.717, 1.165) is 22.6 Å². The third kappa shape index (κ3) is 4.36. The van der Waals surface area contributed by atoms with Gasteiger partial charge in [-0.05, 0) is 51.5 Å². The normalized spacial score (nSPS) is 11.2. The van der Waals surface area contributed by atoms with Gasteiger partial charge in [-0.25, -0.2) is 4.98 Å². The van der Waals surface area contributed by atoms with Gasteiger partial charge in [0.15, 0.2) is 0 Å². The molecule has 2 heterocycles. The fourth-order valence-corrected chi connectivity index (χ4v) is 3.07.